The maximum atomic E-state index is 11.5. The van der Waals surface area contributed by atoms with Crippen LogP contribution in [0.1, 0.15) is 46.5 Å². The van der Waals surface area contributed by atoms with E-state index in [2.05, 4.69) is 36.1 Å². The number of carbonyl (C=O) groups is 1. The monoisotopic (exact) mass is 363 g/mol. The van der Waals surface area contributed by atoms with Crippen LogP contribution in [0, 0.1) is 11.3 Å². The van der Waals surface area contributed by atoms with E-state index < -0.39 is 6.09 Å². The first-order valence-electron chi connectivity index (χ1n) is 9.39. The first-order valence-corrected chi connectivity index (χ1v) is 9.39. The topological polar surface area (TPSA) is 81.6 Å². The number of amides is 1. The van der Waals surface area contributed by atoms with Gasteiger partial charge in [-0.05, 0) is 43.1 Å². The average Bonchev–Trinajstić information content (AvgIpc) is 2.55. The third-order valence-electron chi connectivity index (χ3n) is 4.69. The largest absolute Gasteiger partial charge is 0.465 e. The number of nitrogens with one attached hydrogen (secondary N) is 1. The van der Waals surface area contributed by atoms with Gasteiger partial charge in [0.2, 0.25) is 5.95 Å². The molecular formula is C19H33N5O2. The average molecular weight is 364 g/mol. The molecule has 1 aliphatic carbocycles. The Morgan fingerprint density at radius 3 is 2.46 bits per heavy atom. The lowest BCUT2D eigenvalue weighted by Gasteiger charge is -2.34. The molecule has 1 fully saturated rings. The molecule has 1 aliphatic rings. The summed E-state index contributed by atoms with van der Waals surface area (Å²) in [6.45, 7) is 7.43. The van der Waals surface area contributed by atoms with E-state index in [1.165, 1.54) is 0 Å². The predicted molar refractivity (Wildman–Crippen MR) is 105 cm³/mol. The van der Waals surface area contributed by atoms with E-state index in [-0.39, 0.29) is 5.41 Å². The van der Waals surface area contributed by atoms with Gasteiger partial charge in [-0.3, -0.25) is 0 Å². The van der Waals surface area contributed by atoms with Gasteiger partial charge in [-0.1, -0.05) is 20.8 Å². The van der Waals surface area contributed by atoms with E-state index in [1.807, 2.05) is 25.1 Å². The number of aromatic nitrogens is 2. The lowest BCUT2D eigenvalue weighted by atomic mass is 9.85. The molecule has 1 saturated carbocycles. The van der Waals surface area contributed by atoms with E-state index in [9.17, 15) is 9.90 Å². The minimum atomic E-state index is -0.811. The van der Waals surface area contributed by atoms with Crippen LogP contribution in [0.25, 0.3) is 0 Å². The summed E-state index contributed by atoms with van der Waals surface area (Å²) in [5, 5.41) is 12.9. The lowest BCUT2D eigenvalue weighted by Crippen LogP contribution is -2.41. The normalized spacial score (nSPS) is 20.5. The van der Waals surface area contributed by atoms with Crippen molar-refractivity contribution in [3.05, 3.63) is 12.3 Å². The molecule has 0 unspecified atom stereocenters. The van der Waals surface area contributed by atoms with Gasteiger partial charge in [0.1, 0.15) is 5.82 Å². The van der Waals surface area contributed by atoms with Crippen LogP contribution >= 0.6 is 0 Å². The Balaban J connectivity index is 1.84. The molecule has 2 rings (SSSR count). The SMILES string of the molecule is CN(C)c1ccnc(N[C@H]2CC[C@@H](CN(CC(C)(C)C)C(=O)O)CC2)n1. The zero-order valence-electron chi connectivity index (χ0n) is 16.7. The molecule has 1 aromatic heterocycles. The van der Waals surface area contributed by atoms with Gasteiger partial charge < -0.3 is 20.2 Å². The quantitative estimate of drug-likeness (QED) is 0.804. The van der Waals surface area contributed by atoms with Crippen molar-refractivity contribution in [2.24, 2.45) is 11.3 Å². The highest BCUT2D eigenvalue weighted by Gasteiger charge is 2.27. The van der Waals surface area contributed by atoms with Gasteiger partial charge in [0.15, 0.2) is 0 Å². The number of nitrogens with zero attached hydrogens (tertiary/aromatic N) is 4. The molecule has 0 aromatic carbocycles. The Labute approximate surface area is 156 Å². The van der Waals surface area contributed by atoms with Gasteiger partial charge in [-0.15, -0.1) is 0 Å². The van der Waals surface area contributed by atoms with Crippen LogP contribution < -0.4 is 10.2 Å². The van der Waals surface area contributed by atoms with E-state index in [0.717, 1.165) is 31.5 Å². The maximum absolute atomic E-state index is 11.5. The highest BCUT2D eigenvalue weighted by molar-refractivity contribution is 5.65. The molecule has 1 amide bonds. The van der Waals surface area contributed by atoms with Crippen LogP contribution in [-0.4, -0.2) is 59.3 Å². The molecule has 26 heavy (non-hydrogen) atoms. The van der Waals surface area contributed by atoms with E-state index in [0.29, 0.717) is 31.0 Å². The Hall–Kier alpha value is -2.05. The fourth-order valence-electron chi connectivity index (χ4n) is 3.43. The van der Waals surface area contributed by atoms with Crippen LogP contribution in [-0.2, 0) is 0 Å². The van der Waals surface area contributed by atoms with E-state index >= 15 is 0 Å². The maximum Gasteiger partial charge on any atom is 0.407 e. The highest BCUT2D eigenvalue weighted by atomic mass is 16.4. The molecule has 7 nitrogen and oxygen atoms in total. The van der Waals surface area contributed by atoms with Gasteiger partial charge >= 0.3 is 6.09 Å². The van der Waals surface area contributed by atoms with Crippen molar-refractivity contribution in [3.63, 3.8) is 0 Å². The molecular weight excluding hydrogens is 330 g/mol. The third kappa shape index (κ3) is 6.35. The zero-order chi connectivity index (χ0) is 19.3. The molecule has 0 atom stereocenters. The Morgan fingerprint density at radius 2 is 1.92 bits per heavy atom. The van der Waals surface area contributed by atoms with Gasteiger partial charge in [0.25, 0.3) is 0 Å². The van der Waals surface area contributed by atoms with Crippen molar-refractivity contribution in [1.29, 1.82) is 0 Å². The van der Waals surface area contributed by atoms with E-state index in [4.69, 9.17) is 0 Å². The fourth-order valence-corrected chi connectivity index (χ4v) is 3.43. The number of hydrogen-bond acceptors (Lipinski definition) is 5. The summed E-state index contributed by atoms with van der Waals surface area (Å²) in [6.07, 6.45) is 5.05. The number of anilines is 2. The van der Waals surface area contributed by atoms with Crippen molar-refractivity contribution in [1.82, 2.24) is 14.9 Å². The molecule has 7 heteroatoms. The smallest absolute Gasteiger partial charge is 0.407 e. The Bertz CT molecular complexity index is 592. The van der Waals surface area contributed by atoms with Crippen molar-refractivity contribution in [2.45, 2.75) is 52.5 Å². The van der Waals surface area contributed by atoms with E-state index in [1.54, 1.807) is 11.1 Å². The van der Waals surface area contributed by atoms with Gasteiger partial charge in [-0.2, -0.15) is 4.98 Å². The highest BCUT2D eigenvalue weighted by Crippen LogP contribution is 2.28. The number of rotatable bonds is 6. The summed E-state index contributed by atoms with van der Waals surface area (Å²) in [7, 11) is 3.92. The molecule has 0 spiro atoms. The third-order valence-corrected chi connectivity index (χ3v) is 4.69. The van der Waals surface area contributed by atoms with Gasteiger partial charge in [-0.25, -0.2) is 9.78 Å². The van der Waals surface area contributed by atoms with Crippen LogP contribution in [0.2, 0.25) is 0 Å². The summed E-state index contributed by atoms with van der Waals surface area (Å²) >= 11 is 0. The molecule has 1 heterocycles. The summed E-state index contributed by atoms with van der Waals surface area (Å²) in [5.74, 6) is 1.98. The van der Waals surface area contributed by atoms with Crippen molar-refractivity contribution < 1.29 is 9.90 Å². The number of carboxylic acid groups (broad SMARTS) is 1. The zero-order valence-corrected chi connectivity index (χ0v) is 16.7. The Kier molecular flexibility index (Phi) is 6.67. The lowest BCUT2D eigenvalue weighted by molar-refractivity contribution is 0.110. The summed E-state index contributed by atoms with van der Waals surface area (Å²) in [5.41, 5.74) is -0.0219. The van der Waals surface area contributed by atoms with Crippen molar-refractivity contribution >= 4 is 17.9 Å². The molecule has 0 bridgehead atoms. The molecule has 146 valence electrons. The summed E-state index contributed by atoms with van der Waals surface area (Å²) in [4.78, 5) is 23.9. The van der Waals surface area contributed by atoms with Crippen molar-refractivity contribution in [3.8, 4) is 0 Å². The second-order valence-electron chi connectivity index (χ2n) is 8.72. The van der Waals surface area contributed by atoms with Gasteiger partial charge in [0, 0.05) is 39.4 Å². The predicted octanol–water partition coefficient (Wildman–Crippen LogP) is 3.54. The fraction of sp³-hybridized carbons (Fsp3) is 0.737. The molecule has 2 N–H and O–H groups in total. The minimum Gasteiger partial charge on any atom is -0.465 e. The standard InChI is InChI=1S/C19H33N5O2/c1-19(2,3)13-24(18(25)26)12-14-6-8-15(9-7-14)21-17-20-11-10-16(22-17)23(4)5/h10-11,14-15H,6-9,12-13H2,1-5H3,(H,25,26)(H,20,21,22)/t14-,15+. The molecule has 0 saturated heterocycles. The second-order valence-corrected chi connectivity index (χ2v) is 8.72. The van der Waals surface area contributed by atoms with Crippen LogP contribution in [0.3, 0.4) is 0 Å². The molecule has 0 radical (unpaired) electrons. The molecule has 0 aliphatic heterocycles. The summed E-state index contributed by atoms with van der Waals surface area (Å²) in [6, 6.07) is 2.24. The van der Waals surface area contributed by atoms with Crippen LogP contribution in [0.5, 0.6) is 0 Å². The summed E-state index contributed by atoms with van der Waals surface area (Å²) < 4.78 is 0. The first kappa shape index (κ1) is 20.3. The second kappa shape index (κ2) is 8.56. The van der Waals surface area contributed by atoms with Crippen LogP contribution in [0.4, 0.5) is 16.6 Å². The Morgan fingerprint density at radius 1 is 1.27 bits per heavy atom. The van der Waals surface area contributed by atoms with Crippen LogP contribution in [0.15, 0.2) is 12.3 Å². The number of hydrogen-bond donors (Lipinski definition) is 2. The first-order chi connectivity index (χ1) is 12.1. The van der Waals surface area contributed by atoms with Gasteiger partial charge in [0.05, 0.1) is 0 Å². The minimum absolute atomic E-state index is 0.0219. The molecule has 1 aromatic rings. The van der Waals surface area contributed by atoms with Crippen molar-refractivity contribution in [2.75, 3.05) is 37.4 Å².